The van der Waals surface area contributed by atoms with Crippen LogP contribution in [0.1, 0.15) is 72.3 Å². The van der Waals surface area contributed by atoms with Crippen molar-refractivity contribution in [3.8, 4) is 11.3 Å². The SMILES string of the molecule is CC(C)C(=C1C(=O)C(C=C2C=C(c3ccccc3)OC(C(C)(C)C)=C2)=C1O)c1cc(-c2ccccc2)[o+]c(C(C)(C)C)c1. The maximum atomic E-state index is 13.8. The molecule has 0 fully saturated rings. The molecule has 2 heterocycles. The predicted molar refractivity (Wildman–Crippen MR) is 175 cm³/mol. The molecule has 4 heteroatoms. The number of allylic oxidation sites excluding steroid dienone is 8. The number of aliphatic hydroxyl groups is 1. The molecule has 1 N–H and O–H groups in total. The Labute approximate surface area is 255 Å². The second-order valence-electron chi connectivity index (χ2n) is 13.6. The molecule has 1 aliphatic carbocycles. The van der Waals surface area contributed by atoms with Gasteiger partial charge in [0.15, 0.2) is 0 Å². The first-order valence-corrected chi connectivity index (χ1v) is 14.9. The lowest BCUT2D eigenvalue weighted by Crippen LogP contribution is -2.24. The highest BCUT2D eigenvalue weighted by molar-refractivity contribution is 6.25. The van der Waals surface area contributed by atoms with Crippen molar-refractivity contribution in [2.75, 3.05) is 0 Å². The Morgan fingerprint density at radius 3 is 1.98 bits per heavy atom. The normalized spacial score (nSPS) is 17.9. The number of benzene rings is 2. The Balaban J connectivity index is 1.64. The summed E-state index contributed by atoms with van der Waals surface area (Å²) in [5.41, 5.74) is 4.55. The van der Waals surface area contributed by atoms with Crippen LogP contribution in [0.4, 0.5) is 0 Å². The van der Waals surface area contributed by atoms with Gasteiger partial charge in [-0.05, 0) is 73.8 Å². The summed E-state index contributed by atoms with van der Waals surface area (Å²) in [6.07, 6.45) is 5.64. The van der Waals surface area contributed by atoms with Gasteiger partial charge in [-0.1, -0.05) is 83.1 Å². The fourth-order valence-corrected chi connectivity index (χ4v) is 5.23. The predicted octanol–water partition coefficient (Wildman–Crippen LogP) is 10.3. The van der Waals surface area contributed by atoms with Crippen molar-refractivity contribution < 1.29 is 19.1 Å². The van der Waals surface area contributed by atoms with Gasteiger partial charge < -0.3 is 9.84 Å². The van der Waals surface area contributed by atoms with Crippen molar-refractivity contribution in [2.24, 2.45) is 11.3 Å². The standard InChI is InChI=1S/C39H40O4/c1-24(2)34(28-22-31(27-17-13-10-14-18-27)43-33(23-28)39(6,7)8)35-36(40)29(37(35)41)19-25-20-30(26-15-11-9-12-16-26)42-32(21-25)38(3,4)5/h9-24H,1-8H3/p+1. The number of carbonyl (C=O) groups excluding carboxylic acids is 1. The summed E-state index contributed by atoms with van der Waals surface area (Å²) >= 11 is 0. The van der Waals surface area contributed by atoms with Crippen LogP contribution < -0.4 is 0 Å². The topological polar surface area (TPSA) is 57.8 Å². The van der Waals surface area contributed by atoms with E-state index in [1.54, 1.807) is 6.08 Å². The Kier molecular flexibility index (Phi) is 7.91. The lowest BCUT2D eigenvalue weighted by molar-refractivity contribution is -0.113. The van der Waals surface area contributed by atoms with Crippen LogP contribution in [0.3, 0.4) is 0 Å². The van der Waals surface area contributed by atoms with Gasteiger partial charge in [0, 0.05) is 17.0 Å². The summed E-state index contributed by atoms with van der Waals surface area (Å²) in [6.45, 7) is 16.7. The molecule has 0 unspecified atom stereocenters. The molecule has 2 aliphatic rings. The van der Waals surface area contributed by atoms with E-state index in [1.165, 1.54) is 0 Å². The van der Waals surface area contributed by atoms with E-state index >= 15 is 0 Å². The second kappa shape index (κ2) is 11.3. The van der Waals surface area contributed by atoms with Crippen molar-refractivity contribution in [3.05, 3.63) is 136 Å². The van der Waals surface area contributed by atoms with E-state index < -0.39 is 0 Å². The third-order valence-electron chi connectivity index (χ3n) is 7.64. The summed E-state index contributed by atoms with van der Waals surface area (Å²) < 4.78 is 12.7. The quantitative estimate of drug-likeness (QED) is 0.244. The highest BCUT2D eigenvalue weighted by Crippen LogP contribution is 2.43. The van der Waals surface area contributed by atoms with Crippen LogP contribution in [0.5, 0.6) is 0 Å². The zero-order valence-electron chi connectivity index (χ0n) is 26.4. The number of Topliss-reactive ketones (excluding diaryl/α,β-unsaturated/α-hetero) is 1. The van der Waals surface area contributed by atoms with Gasteiger partial charge in [0.25, 0.3) is 0 Å². The van der Waals surface area contributed by atoms with E-state index in [0.29, 0.717) is 16.9 Å². The van der Waals surface area contributed by atoms with E-state index in [2.05, 4.69) is 41.5 Å². The lowest BCUT2D eigenvalue weighted by Gasteiger charge is -2.28. The Hall–Kier alpha value is -4.44. The molecule has 0 amide bonds. The minimum Gasteiger partial charge on any atom is -0.506 e. The van der Waals surface area contributed by atoms with E-state index in [1.807, 2.05) is 98.8 Å². The van der Waals surface area contributed by atoms with Gasteiger partial charge in [0.1, 0.15) is 17.3 Å². The van der Waals surface area contributed by atoms with Gasteiger partial charge in [-0.25, -0.2) is 4.42 Å². The molecule has 0 spiro atoms. The smallest absolute Gasteiger partial charge is 0.360 e. The van der Waals surface area contributed by atoms with Crippen LogP contribution in [-0.2, 0) is 14.9 Å². The first-order chi connectivity index (χ1) is 20.2. The Morgan fingerprint density at radius 1 is 0.837 bits per heavy atom. The first kappa shape index (κ1) is 30.0. The van der Waals surface area contributed by atoms with Gasteiger partial charge in [0.05, 0.1) is 28.2 Å². The van der Waals surface area contributed by atoms with Crippen molar-refractivity contribution in [3.63, 3.8) is 0 Å². The molecular weight excluding hydrogens is 532 g/mol. The summed E-state index contributed by atoms with van der Waals surface area (Å²) in [5, 5.41) is 11.4. The van der Waals surface area contributed by atoms with Crippen LogP contribution in [0.15, 0.2) is 124 Å². The number of rotatable bonds is 5. The lowest BCUT2D eigenvalue weighted by atomic mass is 9.77. The van der Waals surface area contributed by atoms with Crippen LogP contribution in [0.25, 0.3) is 22.7 Å². The fourth-order valence-electron chi connectivity index (χ4n) is 5.23. The maximum absolute atomic E-state index is 13.8. The number of carbonyl (C=O) groups is 1. The number of hydrogen-bond acceptors (Lipinski definition) is 3. The summed E-state index contributed by atoms with van der Waals surface area (Å²) in [4.78, 5) is 13.8. The van der Waals surface area contributed by atoms with E-state index in [-0.39, 0.29) is 28.3 Å². The number of aliphatic hydroxyl groups excluding tert-OH is 1. The van der Waals surface area contributed by atoms with Crippen LogP contribution in [-0.4, -0.2) is 10.9 Å². The molecule has 4 nitrogen and oxygen atoms in total. The Bertz CT molecular complexity index is 1720. The molecular formula is C39H41O4+. The summed E-state index contributed by atoms with van der Waals surface area (Å²) in [7, 11) is 0. The molecule has 1 aliphatic heterocycles. The molecule has 0 saturated heterocycles. The molecule has 43 heavy (non-hydrogen) atoms. The van der Waals surface area contributed by atoms with Crippen molar-refractivity contribution in [1.29, 1.82) is 0 Å². The van der Waals surface area contributed by atoms with E-state index in [4.69, 9.17) is 9.15 Å². The summed E-state index contributed by atoms with van der Waals surface area (Å²) in [6, 6.07) is 23.9. The van der Waals surface area contributed by atoms with Crippen molar-refractivity contribution in [1.82, 2.24) is 0 Å². The third-order valence-corrected chi connectivity index (χ3v) is 7.64. The maximum Gasteiger partial charge on any atom is 0.360 e. The van der Waals surface area contributed by atoms with Crippen molar-refractivity contribution in [2.45, 2.75) is 60.8 Å². The minimum absolute atomic E-state index is 0.0193. The van der Waals surface area contributed by atoms with E-state index in [0.717, 1.165) is 45.1 Å². The molecule has 1 aromatic heterocycles. The third kappa shape index (κ3) is 6.19. The molecule has 5 rings (SSSR count). The van der Waals surface area contributed by atoms with E-state index in [9.17, 15) is 9.90 Å². The molecule has 0 saturated carbocycles. The molecule has 0 bridgehead atoms. The molecule has 220 valence electrons. The van der Waals surface area contributed by atoms with Gasteiger partial charge in [-0.2, -0.15) is 0 Å². The fraction of sp³-hybridized carbons (Fsp3) is 0.282. The number of hydrogen-bond donors (Lipinski definition) is 1. The molecule has 0 atom stereocenters. The highest BCUT2D eigenvalue weighted by atomic mass is 16.5. The minimum atomic E-state index is -0.258. The second-order valence-corrected chi connectivity index (χ2v) is 13.6. The number of ether oxygens (including phenoxy) is 1. The summed E-state index contributed by atoms with van der Waals surface area (Å²) in [5.74, 6) is 2.87. The van der Waals surface area contributed by atoms with Crippen molar-refractivity contribution >= 4 is 17.1 Å². The Morgan fingerprint density at radius 2 is 1.44 bits per heavy atom. The average molecular weight is 574 g/mol. The monoisotopic (exact) mass is 573 g/mol. The van der Waals surface area contributed by atoms with Gasteiger partial charge in [-0.3, -0.25) is 4.79 Å². The van der Waals surface area contributed by atoms with Gasteiger partial charge in [-0.15, -0.1) is 0 Å². The molecule has 2 aromatic carbocycles. The molecule has 3 aromatic rings. The zero-order valence-corrected chi connectivity index (χ0v) is 26.4. The molecule has 0 radical (unpaired) electrons. The van der Waals surface area contributed by atoms with Gasteiger partial charge in [0.2, 0.25) is 5.78 Å². The van der Waals surface area contributed by atoms with Crippen LogP contribution in [0.2, 0.25) is 0 Å². The average Bonchev–Trinajstić information content (AvgIpc) is 2.98. The first-order valence-electron chi connectivity index (χ1n) is 14.9. The van der Waals surface area contributed by atoms with Gasteiger partial charge >= 0.3 is 11.5 Å². The zero-order chi connectivity index (χ0) is 31.1. The highest BCUT2D eigenvalue weighted by Gasteiger charge is 2.38. The number of ketones is 1. The largest absolute Gasteiger partial charge is 0.506 e. The van der Waals surface area contributed by atoms with Crippen LogP contribution in [0, 0.1) is 11.3 Å². The van der Waals surface area contributed by atoms with Crippen LogP contribution >= 0.6 is 0 Å².